The van der Waals surface area contributed by atoms with Crippen molar-refractivity contribution in [1.29, 1.82) is 0 Å². The van der Waals surface area contributed by atoms with Crippen LogP contribution in [0.5, 0.6) is 0 Å². The molecule has 0 amide bonds. The Hall–Kier alpha value is -15.9. The van der Waals surface area contributed by atoms with Crippen molar-refractivity contribution < 1.29 is 0 Å². The normalized spacial score (nSPS) is 11.9. The lowest BCUT2D eigenvalue weighted by Gasteiger charge is -2.30. The molecule has 0 radical (unpaired) electrons. The molecule has 123 heavy (non-hydrogen) atoms. The van der Waals surface area contributed by atoms with E-state index in [-0.39, 0.29) is 5.41 Å². The number of rotatable bonds is 20. The zero-order chi connectivity index (χ0) is 82.2. The number of hydrogen-bond acceptors (Lipinski definition) is 4. The molecule has 0 bridgehead atoms. The molecule has 0 aliphatic heterocycles. The molecule has 20 aromatic rings. The van der Waals surface area contributed by atoms with Crippen LogP contribution >= 0.6 is 0 Å². The zero-order valence-corrected chi connectivity index (χ0v) is 68.5. The second-order valence-corrected chi connectivity index (χ2v) is 32.4. The highest BCUT2D eigenvalue weighted by Gasteiger charge is 2.37. The van der Waals surface area contributed by atoms with Gasteiger partial charge in [0.2, 0.25) is 0 Å². The summed E-state index contributed by atoms with van der Waals surface area (Å²) in [7, 11) is 0. The van der Waals surface area contributed by atoms with Crippen LogP contribution in [0.15, 0.2) is 485 Å². The average Bonchev–Trinajstić information content (AvgIpc) is 1.56. The third-order valence-electron chi connectivity index (χ3n) is 24.7. The number of fused-ring (bicyclic) bond motifs is 5. The van der Waals surface area contributed by atoms with Gasteiger partial charge < -0.3 is 19.6 Å². The molecular weight excluding hydrogens is 1490 g/mol. The molecule has 0 heterocycles. The van der Waals surface area contributed by atoms with Crippen molar-refractivity contribution in [1.82, 2.24) is 0 Å². The summed E-state index contributed by atoms with van der Waals surface area (Å²) in [6.07, 6.45) is 0. The second kappa shape index (κ2) is 32.4. The monoisotopic (exact) mass is 1570 g/mol. The first kappa shape index (κ1) is 74.7. The highest BCUT2D eigenvalue weighted by Crippen LogP contribution is 2.54. The van der Waals surface area contributed by atoms with E-state index in [1.165, 1.54) is 88.3 Å². The van der Waals surface area contributed by atoms with Crippen molar-refractivity contribution >= 4 is 89.8 Å². The van der Waals surface area contributed by atoms with Gasteiger partial charge in [-0.3, -0.25) is 0 Å². The SMILES string of the molecule is CC1(C)c2cc(N(c3ccc(-c4ccccc4)cc3)c3cccc4ccccc34)ccc2-c2ccc(N(c3ccc(-c4cccc(-c5cccc(-c6ccc(N(c7ccc(-c8ccccc8)cc7)c7ccc(-c8ccc(N(c9ccc(-c%10ccccc%10)cc9)c9ccc(-c%10ccccc%10)cc9)cc8)cc7)cc6)c5)c4)cc3)c3cccc4ccccc34)cc21. The van der Waals surface area contributed by atoms with Crippen LogP contribution in [0.1, 0.15) is 25.0 Å². The van der Waals surface area contributed by atoms with E-state index < -0.39 is 0 Å². The first-order valence-corrected chi connectivity index (χ1v) is 42.4. The number of anilines is 12. The Morgan fingerprint density at radius 2 is 0.341 bits per heavy atom. The van der Waals surface area contributed by atoms with Gasteiger partial charge in [-0.15, -0.1) is 0 Å². The van der Waals surface area contributed by atoms with Crippen molar-refractivity contribution in [2.75, 3.05) is 19.6 Å². The van der Waals surface area contributed by atoms with Gasteiger partial charge in [-0.2, -0.15) is 0 Å². The topological polar surface area (TPSA) is 13.0 Å². The summed E-state index contributed by atoms with van der Waals surface area (Å²) < 4.78 is 0. The van der Waals surface area contributed by atoms with E-state index in [9.17, 15) is 0 Å². The van der Waals surface area contributed by atoms with E-state index in [0.717, 1.165) is 113 Å². The summed E-state index contributed by atoms with van der Waals surface area (Å²) in [6, 6.07) is 177. The summed E-state index contributed by atoms with van der Waals surface area (Å²) in [4.78, 5) is 9.61. The molecule has 1 aliphatic rings. The van der Waals surface area contributed by atoms with E-state index in [4.69, 9.17) is 0 Å². The molecule has 0 saturated heterocycles. The summed E-state index contributed by atoms with van der Waals surface area (Å²) in [5, 5.41) is 4.79. The third kappa shape index (κ3) is 14.7. The zero-order valence-electron chi connectivity index (χ0n) is 68.5. The highest BCUT2D eigenvalue weighted by molar-refractivity contribution is 6.02. The first-order valence-electron chi connectivity index (χ1n) is 42.4. The fourth-order valence-electron chi connectivity index (χ4n) is 18.2. The molecule has 0 aromatic heterocycles. The van der Waals surface area contributed by atoms with Crippen molar-refractivity contribution in [3.8, 4) is 100 Å². The van der Waals surface area contributed by atoms with Crippen LogP contribution in [0, 0.1) is 0 Å². The molecule has 582 valence electrons. The minimum atomic E-state index is -0.336. The van der Waals surface area contributed by atoms with Gasteiger partial charge in [-0.1, -0.05) is 354 Å². The Bertz CT molecular complexity index is 7080. The van der Waals surface area contributed by atoms with Gasteiger partial charge in [-0.25, -0.2) is 0 Å². The standard InChI is InChI=1S/C119H86N4/c1-119(2)115-81-109(122(117-41-21-33-95-31-15-17-39-111(95)117)107-71-53-90(54-72-107)86-29-13-6-14-30-86)75-77-113(115)114-78-76-110(82-116(114)119)123(118-42-22-34-96-32-16-18-40-112(96)118)108-73-57-94(58-74-108)98-36-20-38-100(80-98)99-37-19-35-97(79-99)93-55-69-106(70-56-93)121(103-63-47-89(48-64-103)85-27-11-5-12-28-85)105-67-51-92(52-68-105)91-49-65-104(66-50-91)120(101-59-43-87(44-60-101)83-23-7-3-8-24-83)102-61-45-88(46-62-102)84-25-9-4-10-26-84/h3-82H,1-2H3. The molecule has 21 rings (SSSR count). The Labute approximate surface area is 720 Å². The minimum Gasteiger partial charge on any atom is -0.311 e. The Morgan fingerprint density at radius 3 is 0.618 bits per heavy atom. The molecule has 0 spiro atoms. The van der Waals surface area contributed by atoms with Gasteiger partial charge in [0.15, 0.2) is 0 Å². The Balaban J connectivity index is 0.556. The summed E-state index contributed by atoms with van der Waals surface area (Å²) in [5.41, 5.74) is 36.6. The molecule has 4 heteroatoms. The van der Waals surface area contributed by atoms with E-state index >= 15 is 0 Å². The molecule has 4 nitrogen and oxygen atoms in total. The maximum Gasteiger partial charge on any atom is 0.0540 e. The van der Waals surface area contributed by atoms with Gasteiger partial charge in [0.1, 0.15) is 0 Å². The minimum absolute atomic E-state index is 0.336. The van der Waals surface area contributed by atoms with Crippen LogP contribution < -0.4 is 19.6 Å². The molecule has 0 saturated carbocycles. The van der Waals surface area contributed by atoms with Gasteiger partial charge in [-0.05, 0) is 268 Å². The van der Waals surface area contributed by atoms with Gasteiger partial charge in [0.25, 0.3) is 0 Å². The van der Waals surface area contributed by atoms with Gasteiger partial charge in [0, 0.05) is 73.1 Å². The Morgan fingerprint density at radius 1 is 0.146 bits per heavy atom. The van der Waals surface area contributed by atoms with Crippen LogP contribution in [0.25, 0.3) is 122 Å². The van der Waals surface area contributed by atoms with Crippen LogP contribution in [0.3, 0.4) is 0 Å². The molecular formula is C119H86N4. The van der Waals surface area contributed by atoms with Gasteiger partial charge in [0.05, 0.1) is 11.4 Å². The maximum absolute atomic E-state index is 2.46. The van der Waals surface area contributed by atoms with E-state index in [1.807, 2.05) is 0 Å². The number of nitrogens with zero attached hydrogens (tertiary/aromatic N) is 4. The van der Waals surface area contributed by atoms with E-state index in [1.54, 1.807) is 0 Å². The molecule has 0 atom stereocenters. The maximum atomic E-state index is 2.46. The van der Waals surface area contributed by atoms with Crippen LogP contribution in [0.2, 0.25) is 0 Å². The van der Waals surface area contributed by atoms with Crippen LogP contribution in [0.4, 0.5) is 68.2 Å². The van der Waals surface area contributed by atoms with E-state index in [0.29, 0.717) is 0 Å². The average molecular weight is 1570 g/mol. The van der Waals surface area contributed by atoms with Gasteiger partial charge >= 0.3 is 0 Å². The molecule has 0 unspecified atom stereocenters. The number of hydrogen-bond donors (Lipinski definition) is 0. The van der Waals surface area contributed by atoms with Crippen LogP contribution in [-0.4, -0.2) is 0 Å². The van der Waals surface area contributed by atoms with Crippen molar-refractivity contribution in [2.24, 2.45) is 0 Å². The number of benzene rings is 20. The summed E-state index contributed by atoms with van der Waals surface area (Å²) in [6.45, 7) is 4.80. The van der Waals surface area contributed by atoms with Crippen molar-refractivity contribution in [2.45, 2.75) is 19.3 Å². The van der Waals surface area contributed by atoms with E-state index in [2.05, 4.69) is 519 Å². The lowest BCUT2D eigenvalue weighted by molar-refractivity contribution is 0.660. The summed E-state index contributed by atoms with van der Waals surface area (Å²) >= 11 is 0. The molecule has 0 N–H and O–H groups in total. The summed E-state index contributed by atoms with van der Waals surface area (Å²) in [5.74, 6) is 0. The fourth-order valence-corrected chi connectivity index (χ4v) is 18.2. The van der Waals surface area contributed by atoms with Crippen molar-refractivity contribution in [3.05, 3.63) is 496 Å². The molecule has 20 aromatic carbocycles. The molecule has 0 fully saturated rings. The quantitative estimate of drug-likeness (QED) is 0.0754. The first-order chi connectivity index (χ1) is 60.7. The smallest absolute Gasteiger partial charge is 0.0540 e. The fraction of sp³-hybridized carbons (Fsp3) is 0.0252. The Kier molecular flexibility index (Phi) is 19.7. The molecule has 1 aliphatic carbocycles. The van der Waals surface area contributed by atoms with Crippen molar-refractivity contribution in [3.63, 3.8) is 0 Å². The van der Waals surface area contributed by atoms with Crippen LogP contribution in [-0.2, 0) is 5.41 Å². The lowest BCUT2D eigenvalue weighted by atomic mass is 9.82. The highest BCUT2D eigenvalue weighted by atomic mass is 15.2. The second-order valence-electron chi connectivity index (χ2n) is 32.4. The largest absolute Gasteiger partial charge is 0.311 e. The third-order valence-corrected chi connectivity index (χ3v) is 24.7. The lowest BCUT2D eigenvalue weighted by Crippen LogP contribution is -2.18. The predicted molar refractivity (Wildman–Crippen MR) is 521 cm³/mol. The predicted octanol–water partition coefficient (Wildman–Crippen LogP) is 33.5.